The molecule has 21 heavy (non-hydrogen) atoms. The summed E-state index contributed by atoms with van der Waals surface area (Å²) in [6.45, 7) is 0. The third-order valence-corrected chi connectivity index (χ3v) is 4.37. The van der Waals surface area contributed by atoms with Crippen LogP contribution in [0.15, 0.2) is 18.2 Å². The van der Waals surface area contributed by atoms with Gasteiger partial charge in [0.1, 0.15) is 0 Å². The Kier molecular flexibility index (Phi) is 4.46. The van der Waals surface area contributed by atoms with Crippen LogP contribution in [0.5, 0.6) is 0 Å². The lowest BCUT2D eigenvalue weighted by Crippen LogP contribution is -2.48. The Morgan fingerprint density at radius 1 is 1.33 bits per heavy atom. The second-order valence-electron chi connectivity index (χ2n) is 5.39. The van der Waals surface area contributed by atoms with E-state index >= 15 is 0 Å². The molecule has 0 aliphatic heterocycles. The van der Waals surface area contributed by atoms with Gasteiger partial charge < -0.3 is 11.1 Å². The molecule has 0 atom stereocenters. The Balaban J connectivity index is 2.12. The fourth-order valence-corrected chi connectivity index (χ4v) is 3.23. The van der Waals surface area contributed by atoms with Gasteiger partial charge in [-0.3, -0.25) is 9.52 Å². The lowest BCUT2D eigenvalue weighted by atomic mass is 9.98. The van der Waals surface area contributed by atoms with Gasteiger partial charge in [0.05, 0.1) is 22.5 Å². The van der Waals surface area contributed by atoms with E-state index in [-0.39, 0.29) is 16.6 Å². The van der Waals surface area contributed by atoms with E-state index in [0.717, 1.165) is 19.1 Å². The number of carbonyl (C=O) groups is 1. The van der Waals surface area contributed by atoms with Crippen molar-refractivity contribution in [3.8, 4) is 0 Å². The van der Waals surface area contributed by atoms with E-state index in [1.165, 1.54) is 12.1 Å². The highest BCUT2D eigenvalue weighted by atomic mass is 35.5. The number of nitrogens with two attached hydrogens (primary N) is 1. The summed E-state index contributed by atoms with van der Waals surface area (Å²) >= 11 is 6.00. The van der Waals surface area contributed by atoms with Crippen molar-refractivity contribution >= 4 is 38.9 Å². The first-order valence-electron chi connectivity index (χ1n) is 6.57. The lowest BCUT2D eigenvalue weighted by molar-refractivity contribution is -0.121. The van der Waals surface area contributed by atoms with Crippen LogP contribution in [-0.4, -0.2) is 26.1 Å². The summed E-state index contributed by atoms with van der Waals surface area (Å²) in [5.41, 5.74) is 5.99. The van der Waals surface area contributed by atoms with Gasteiger partial charge in [-0.05, 0) is 31.0 Å². The molecule has 0 aromatic heterocycles. The first-order chi connectivity index (χ1) is 9.70. The van der Waals surface area contributed by atoms with Crippen molar-refractivity contribution < 1.29 is 13.2 Å². The highest BCUT2D eigenvalue weighted by Gasteiger charge is 2.36. The Morgan fingerprint density at radius 2 is 1.95 bits per heavy atom. The fraction of sp³-hybridized carbons (Fsp3) is 0.462. The molecule has 1 aromatic rings. The summed E-state index contributed by atoms with van der Waals surface area (Å²) in [5, 5.41) is 2.93. The fourth-order valence-electron chi connectivity index (χ4n) is 2.36. The van der Waals surface area contributed by atoms with Crippen molar-refractivity contribution in [2.45, 2.75) is 31.2 Å². The maximum Gasteiger partial charge on any atom is 0.244 e. The van der Waals surface area contributed by atoms with Crippen LogP contribution < -0.4 is 15.8 Å². The van der Waals surface area contributed by atoms with E-state index in [9.17, 15) is 13.2 Å². The molecule has 116 valence electrons. The van der Waals surface area contributed by atoms with Gasteiger partial charge in [0, 0.05) is 5.69 Å². The maximum atomic E-state index is 12.2. The number of hydrogen-bond donors (Lipinski definition) is 3. The number of halogens is 1. The predicted octanol–water partition coefficient (Wildman–Crippen LogP) is 1.92. The maximum absolute atomic E-state index is 12.2. The number of nitrogens with one attached hydrogen (secondary N) is 2. The number of sulfonamides is 1. The largest absolute Gasteiger partial charge is 0.324 e. The Bertz CT molecular complexity index is 655. The molecular formula is C13H18ClN3O3S. The normalized spacial score (nSPS) is 17.5. The van der Waals surface area contributed by atoms with E-state index in [2.05, 4.69) is 10.0 Å². The summed E-state index contributed by atoms with van der Waals surface area (Å²) in [6, 6.07) is 4.57. The molecule has 4 N–H and O–H groups in total. The topological polar surface area (TPSA) is 101 Å². The molecule has 0 spiro atoms. The Morgan fingerprint density at radius 3 is 2.48 bits per heavy atom. The monoisotopic (exact) mass is 331 g/mol. The van der Waals surface area contributed by atoms with Crippen LogP contribution >= 0.6 is 11.6 Å². The number of anilines is 2. The minimum atomic E-state index is -3.40. The van der Waals surface area contributed by atoms with Gasteiger partial charge in [-0.1, -0.05) is 24.4 Å². The van der Waals surface area contributed by atoms with E-state index < -0.39 is 15.6 Å². The minimum absolute atomic E-state index is 0.204. The van der Waals surface area contributed by atoms with Gasteiger partial charge in [-0.2, -0.15) is 0 Å². The number of amides is 1. The molecule has 0 heterocycles. The zero-order valence-corrected chi connectivity index (χ0v) is 13.2. The molecule has 8 heteroatoms. The van der Waals surface area contributed by atoms with Gasteiger partial charge in [0.15, 0.2) is 0 Å². The summed E-state index contributed by atoms with van der Waals surface area (Å²) in [6.07, 6.45) is 4.27. The average Bonchev–Trinajstić information content (AvgIpc) is 2.80. The van der Waals surface area contributed by atoms with Gasteiger partial charge in [0.2, 0.25) is 15.9 Å². The summed E-state index contributed by atoms with van der Waals surface area (Å²) in [5.74, 6) is -0.236. The zero-order chi connectivity index (χ0) is 15.7. The molecule has 1 aliphatic rings. The molecule has 1 aliphatic carbocycles. The molecule has 1 saturated carbocycles. The van der Waals surface area contributed by atoms with Gasteiger partial charge >= 0.3 is 0 Å². The van der Waals surface area contributed by atoms with Crippen LogP contribution in [0.4, 0.5) is 11.4 Å². The Hall–Kier alpha value is -1.31. The van der Waals surface area contributed by atoms with Gasteiger partial charge in [0.25, 0.3) is 0 Å². The first kappa shape index (κ1) is 16.1. The predicted molar refractivity (Wildman–Crippen MR) is 83.9 cm³/mol. The van der Waals surface area contributed by atoms with Crippen molar-refractivity contribution in [2.75, 3.05) is 16.3 Å². The number of benzene rings is 1. The van der Waals surface area contributed by atoms with E-state index in [1.807, 2.05) is 0 Å². The number of rotatable bonds is 4. The van der Waals surface area contributed by atoms with Crippen molar-refractivity contribution in [1.82, 2.24) is 0 Å². The minimum Gasteiger partial charge on any atom is -0.324 e. The highest BCUT2D eigenvalue weighted by Crippen LogP contribution is 2.30. The van der Waals surface area contributed by atoms with Gasteiger partial charge in [-0.15, -0.1) is 0 Å². The van der Waals surface area contributed by atoms with Crippen molar-refractivity contribution in [3.05, 3.63) is 23.2 Å². The quantitative estimate of drug-likeness (QED) is 0.784. The molecule has 1 fully saturated rings. The number of hydrogen-bond acceptors (Lipinski definition) is 4. The van der Waals surface area contributed by atoms with Crippen molar-refractivity contribution in [2.24, 2.45) is 5.73 Å². The summed E-state index contributed by atoms with van der Waals surface area (Å²) < 4.78 is 24.6. The third kappa shape index (κ3) is 4.09. The zero-order valence-electron chi connectivity index (χ0n) is 11.6. The highest BCUT2D eigenvalue weighted by molar-refractivity contribution is 7.92. The number of carbonyl (C=O) groups excluding carboxylic acids is 1. The van der Waals surface area contributed by atoms with Crippen LogP contribution in [0, 0.1) is 0 Å². The standard InChI is InChI=1S/C13H18ClN3O3S/c1-21(19,20)17-11-5-4-9(8-10(11)14)16-12(18)13(15)6-2-3-7-13/h4-5,8,17H,2-3,6-7,15H2,1H3,(H,16,18). The summed E-state index contributed by atoms with van der Waals surface area (Å²) in [4.78, 5) is 12.2. The second kappa shape index (κ2) is 5.82. The van der Waals surface area contributed by atoms with Crippen LogP contribution in [-0.2, 0) is 14.8 Å². The molecule has 0 radical (unpaired) electrons. The van der Waals surface area contributed by atoms with E-state index in [0.29, 0.717) is 18.5 Å². The van der Waals surface area contributed by atoms with E-state index in [4.69, 9.17) is 17.3 Å². The molecule has 1 amide bonds. The van der Waals surface area contributed by atoms with Gasteiger partial charge in [-0.25, -0.2) is 8.42 Å². The summed E-state index contributed by atoms with van der Waals surface area (Å²) in [7, 11) is -3.40. The molecular weight excluding hydrogens is 314 g/mol. The SMILES string of the molecule is CS(=O)(=O)Nc1ccc(NC(=O)C2(N)CCCC2)cc1Cl. The molecule has 6 nitrogen and oxygen atoms in total. The van der Waals surface area contributed by atoms with Crippen molar-refractivity contribution in [3.63, 3.8) is 0 Å². The lowest BCUT2D eigenvalue weighted by Gasteiger charge is -2.22. The molecule has 1 aromatic carbocycles. The van der Waals surface area contributed by atoms with E-state index in [1.54, 1.807) is 6.07 Å². The molecule has 0 unspecified atom stereocenters. The average molecular weight is 332 g/mol. The first-order valence-corrected chi connectivity index (χ1v) is 8.84. The third-order valence-electron chi connectivity index (χ3n) is 3.47. The molecule has 0 saturated heterocycles. The van der Waals surface area contributed by atoms with Crippen LogP contribution in [0.3, 0.4) is 0 Å². The van der Waals surface area contributed by atoms with Crippen LogP contribution in [0.1, 0.15) is 25.7 Å². The molecule has 2 rings (SSSR count). The van der Waals surface area contributed by atoms with Crippen LogP contribution in [0.2, 0.25) is 5.02 Å². The smallest absolute Gasteiger partial charge is 0.244 e. The molecule has 0 bridgehead atoms. The second-order valence-corrected chi connectivity index (χ2v) is 7.54. The van der Waals surface area contributed by atoms with Crippen molar-refractivity contribution in [1.29, 1.82) is 0 Å². The van der Waals surface area contributed by atoms with Crippen LogP contribution in [0.25, 0.3) is 0 Å². The Labute approximate surface area is 129 Å².